The Bertz CT molecular complexity index is 3090. The number of benzene rings is 2. The molecule has 0 aliphatic carbocycles. The number of aliphatic hydroxyl groups excluding tert-OH is 1. The van der Waals surface area contributed by atoms with E-state index >= 15 is 0 Å². The average molecular weight is 1290 g/mol. The molecule has 1 fully saturated rings. The Hall–Kier alpha value is -7.53. The lowest BCUT2D eigenvalue weighted by molar-refractivity contribution is -0.148. The second-order valence-corrected chi connectivity index (χ2v) is 26.6. The van der Waals surface area contributed by atoms with Gasteiger partial charge in [0.15, 0.2) is 0 Å². The second-order valence-electron chi connectivity index (χ2n) is 24.7. The van der Waals surface area contributed by atoms with Crippen LogP contribution in [-0.4, -0.2) is 181 Å². The summed E-state index contributed by atoms with van der Waals surface area (Å²) >= 11 is 0. The Morgan fingerprint density at radius 1 is 0.758 bits per heavy atom. The minimum absolute atomic E-state index is 0.0773. The number of sulfone groups is 1. The van der Waals surface area contributed by atoms with Gasteiger partial charge in [-0.1, -0.05) is 123 Å². The van der Waals surface area contributed by atoms with E-state index in [0.717, 1.165) is 6.26 Å². The monoisotopic (exact) mass is 1290 g/mol. The summed E-state index contributed by atoms with van der Waals surface area (Å²) in [5.41, 5.74) is 2.04. The number of aliphatic hydroxyl groups is 1. The number of methoxy groups -OCH3 is 2. The zero-order valence-corrected chi connectivity index (χ0v) is 56.6. The van der Waals surface area contributed by atoms with E-state index in [9.17, 15) is 51.9 Å². The molecule has 2 aromatic carbocycles. The number of aromatic nitrogens is 2. The molecule has 12 atom stereocenters. The molecule has 502 valence electrons. The summed E-state index contributed by atoms with van der Waals surface area (Å²) in [6.07, 6.45) is 3.08. The number of carbonyl (C=O) groups excluding carboxylic acids is 8. The van der Waals surface area contributed by atoms with Crippen LogP contribution in [-0.2, 0) is 64.2 Å². The molecule has 0 saturated carbocycles. The highest BCUT2D eigenvalue weighted by Crippen LogP contribution is 2.30. The van der Waals surface area contributed by atoms with Crippen molar-refractivity contribution >= 4 is 63.0 Å². The van der Waals surface area contributed by atoms with Crippen LogP contribution in [0.3, 0.4) is 0 Å². The van der Waals surface area contributed by atoms with Gasteiger partial charge in [-0.25, -0.2) is 23.2 Å². The Balaban J connectivity index is 1.32. The first-order chi connectivity index (χ1) is 42.9. The lowest BCUT2D eigenvalue weighted by Gasteiger charge is -2.41. The zero-order valence-electron chi connectivity index (χ0n) is 55.8. The number of amides is 8. The van der Waals surface area contributed by atoms with Gasteiger partial charge in [0.05, 0.1) is 54.3 Å². The molecule has 0 unspecified atom stereocenters. The van der Waals surface area contributed by atoms with Crippen LogP contribution in [0.2, 0.25) is 0 Å². The van der Waals surface area contributed by atoms with E-state index in [0.29, 0.717) is 61.0 Å². The Morgan fingerprint density at radius 2 is 1.38 bits per heavy atom. The molecular formula is C66H98N10O14S. The van der Waals surface area contributed by atoms with Gasteiger partial charge in [0.25, 0.3) is 0 Å². The molecule has 0 bridgehead atoms. The van der Waals surface area contributed by atoms with Crippen LogP contribution in [0.5, 0.6) is 0 Å². The largest absolute Gasteiger partial charge is 0.445 e. The number of hydrogen-bond donors (Lipinski definition) is 6. The Morgan fingerprint density at radius 3 is 1.95 bits per heavy atom. The van der Waals surface area contributed by atoms with E-state index in [1.54, 1.807) is 109 Å². The van der Waals surface area contributed by atoms with E-state index in [1.165, 1.54) is 45.5 Å². The third-order valence-electron chi connectivity index (χ3n) is 16.6. The summed E-state index contributed by atoms with van der Waals surface area (Å²) in [5.74, 6) is 0.737. The number of hydrogen-bond acceptors (Lipinski definition) is 16. The van der Waals surface area contributed by atoms with Crippen molar-refractivity contribution in [3.63, 3.8) is 0 Å². The highest BCUT2D eigenvalue weighted by atomic mass is 32.2. The van der Waals surface area contributed by atoms with Crippen LogP contribution in [0.15, 0.2) is 72.1 Å². The van der Waals surface area contributed by atoms with Gasteiger partial charge < -0.3 is 55.7 Å². The molecule has 0 spiro atoms. The van der Waals surface area contributed by atoms with Crippen LogP contribution >= 0.6 is 0 Å². The fraction of sp³-hybridized carbons (Fsp3) is 0.606. The maximum Gasteiger partial charge on any atom is 0.410 e. The first-order valence-electron chi connectivity index (χ1n) is 31.2. The molecule has 0 radical (unpaired) electrons. The summed E-state index contributed by atoms with van der Waals surface area (Å²) < 4.78 is 40.9. The highest BCUT2D eigenvalue weighted by molar-refractivity contribution is 7.90. The topological polar surface area (TPSA) is 314 Å². The molecule has 25 heteroatoms. The summed E-state index contributed by atoms with van der Waals surface area (Å²) in [6.45, 7) is 19.9. The zero-order chi connectivity index (χ0) is 68.0. The normalized spacial score (nSPS) is 16.9. The number of unbranched alkanes of at least 4 members (excludes halogenated alkanes) is 1. The molecule has 3 aromatic rings. The van der Waals surface area contributed by atoms with E-state index in [-0.39, 0.29) is 54.2 Å². The van der Waals surface area contributed by atoms with Gasteiger partial charge in [-0.15, -0.1) is 0 Å². The third kappa shape index (κ3) is 22.1. The van der Waals surface area contributed by atoms with Gasteiger partial charge in [0, 0.05) is 72.0 Å². The molecule has 2 heterocycles. The van der Waals surface area contributed by atoms with Crippen molar-refractivity contribution in [2.45, 2.75) is 193 Å². The number of anilines is 1. The van der Waals surface area contributed by atoms with Crippen molar-refractivity contribution < 1.29 is 66.1 Å². The molecule has 1 aliphatic heterocycles. The highest BCUT2D eigenvalue weighted by Gasteiger charge is 2.44. The van der Waals surface area contributed by atoms with E-state index < -0.39 is 118 Å². The Labute approximate surface area is 537 Å². The minimum Gasteiger partial charge on any atom is -0.445 e. The smallest absolute Gasteiger partial charge is 0.410 e. The first kappa shape index (κ1) is 75.9. The molecule has 8 amide bonds. The number of likely N-dealkylation sites (tertiary alicyclic amines) is 1. The van der Waals surface area contributed by atoms with Crippen molar-refractivity contribution in [3.05, 3.63) is 83.7 Å². The maximum absolute atomic E-state index is 14.8. The summed E-state index contributed by atoms with van der Waals surface area (Å²) in [6, 6.07) is 9.86. The average Bonchev–Trinajstić information content (AvgIpc) is 1.85. The molecule has 24 nitrogen and oxygen atoms in total. The predicted molar refractivity (Wildman–Crippen MR) is 344 cm³/mol. The SMILES string of the molecule is CC[C@H](C)[C@@H]([C@@H](CC(=O)N1CCC[C@H]1[C@H](OC)[C@@H](C)C(=O)N[C@H](C)[C@@H](O)c1ccccc1)OC)N(C)C(=O)[C@@H](NC(=O)[C@H](C(C)C)N(C)C(=O)OCc1ccc(NC(=O)[C@H](C)NC(=O)[C@@H](NC(=O)CCCC#Cc2cnc(S(C)(=O)=O)nc2)C(C)C)cc1)C(C)C. The summed E-state index contributed by atoms with van der Waals surface area (Å²) in [4.78, 5) is 122. The van der Waals surface area contributed by atoms with Crippen LogP contribution < -0.4 is 26.6 Å². The fourth-order valence-electron chi connectivity index (χ4n) is 11.1. The maximum atomic E-state index is 14.8. The van der Waals surface area contributed by atoms with E-state index in [1.807, 2.05) is 32.0 Å². The van der Waals surface area contributed by atoms with Crippen molar-refractivity contribution in [2.75, 3.05) is 46.4 Å². The first-order valence-corrected chi connectivity index (χ1v) is 33.1. The number of rotatable bonds is 32. The van der Waals surface area contributed by atoms with Gasteiger partial charge >= 0.3 is 6.09 Å². The van der Waals surface area contributed by atoms with E-state index in [2.05, 4.69) is 48.4 Å². The summed E-state index contributed by atoms with van der Waals surface area (Å²) in [5, 5.41) is 24.7. The Kier molecular flexibility index (Phi) is 30.0. The van der Waals surface area contributed by atoms with Gasteiger partial charge in [-0.2, -0.15) is 0 Å². The van der Waals surface area contributed by atoms with Crippen molar-refractivity contribution in [2.24, 2.45) is 29.6 Å². The molecule has 6 N–H and O–H groups in total. The van der Waals surface area contributed by atoms with Crippen LogP contribution in [0.25, 0.3) is 0 Å². The number of nitrogens with one attached hydrogen (secondary N) is 5. The van der Waals surface area contributed by atoms with Gasteiger partial charge in [-0.05, 0) is 80.0 Å². The molecule has 1 aliphatic rings. The number of nitrogens with zero attached hydrogens (tertiary/aromatic N) is 5. The van der Waals surface area contributed by atoms with Crippen molar-refractivity contribution in [3.8, 4) is 11.8 Å². The van der Waals surface area contributed by atoms with E-state index in [4.69, 9.17) is 14.2 Å². The number of carbonyl (C=O) groups is 8. The van der Waals surface area contributed by atoms with Gasteiger partial charge in [0.1, 0.15) is 30.8 Å². The van der Waals surface area contributed by atoms with Crippen LogP contribution in [0, 0.1) is 41.4 Å². The quantitative estimate of drug-likeness (QED) is 0.0253. The predicted octanol–water partition coefficient (Wildman–Crippen LogP) is 5.58. The van der Waals surface area contributed by atoms with Crippen LogP contribution in [0.4, 0.5) is 10.5 Å². The molecular weight excluding hydrogens is 1190 g/mol. The van der Waals surface area contributed by atoms with Crippen molar-refractivity contribution in [1.82, 2.24) is 45.9 Å². The third-order valence-corrected chi connectivity index (χ3v) is 17.5. The summed E-state index contributed by atoms with van der Waals surface area (Å²) in [7, 11) is 2.57. The van der Waals surface area contributed by atoms with Gasteiger partial charge in [-0.3, -0.25) is 38.5 Å². The molecule has 4 rings (SSSR count). The number of ether oxygens (including phenoxy) is 3. The lowest BCUT2D eigenvalue weighted by atomic mass is 9.89. The molecule has 1 saturated heterocycles. The fourth-order valence-corrected chi connectivity index (χ4v) is 11.6. The van der Waals surface area contributed by atoms with Crippen molar-refractivity contribution in [1.29, 1.82) is 0 Å². The van der Waals surface area contributed by atoms with Gasteiger partial charge in [0.2, 0.25) is 56.3 Å². The van der Waals surface area contributed by atoms with Crippen LogP contribution in [0.1, 0.15) is 144 Å². The lowest BCUT2D eigenvalue weighted by Crippen LogP contribution is -2.60. The number of likely N-dealkylation sites (N-methyl/N-ethyl adjacent to an activating group) is 2. The minimum atomic E-state index is -3.54. The second kappa shape index (κ2) is 35.9. The molecule has 1 aromatic heterocycles. The molecule has 91 heavy (non-hydrogen) atoms. The standard InChI is InChI=1S/C66H98N10O14S/c1-17-42(8)57(51(88-14)35-53(78)76-34-24-28-50(76)59(89-15)43(9)60(80)69-44(10)58(79)48-26-21-19-22-27-48)74(12)64(84)55(40(4)5)73-63(83)56(41(6)7)75(13)66(85)90-38-46-30-32-49(33-31-46)71-61(81)45(11)70-62(82)54(39(2)3)72-52(77)29-23-18-20-25-47-36-67-65(68-37-47)91(16,86)87/h19,21-22,26-27,30-33,36-37,39-45,50-51,54-59,79H,17-18,23-24,28-29,34-35,38H2,1-16H3,(H,69,80)(H,70,82)(H,71,81)(H,72,77)(H,73,83)/t42-,43+,44+,45-,50-,51+,54-,55-,56-,57-,58+,59+/m0/s1.